The Morgan fingerprint density at radius 3 is 2.07 bits per heavy atom. The first-order chi connectivity index (χ1) is 20.7. The first-order valence-corrected chi connectivity index (χ1v) is 15.0. The lowest BCUT2D eigenvalue weighted by molar-refractivity contribution is -0.142. The maximum atomic E-state index is 13.7. The molecule has 0 aliphatic carbocycles. The Morgan fingerprint density at radius 1 is 0.860 bits per heavy atom. The van der Waals surface area contributed by atoms with Crippen molar-refractivity contribution in [2.24, 2.45) is 0 Å². The molecule has 4 aromatic carbocycles. The molecule has 0 aliphatic rings. The van der Waals surface area contributed by atoms with Crippen LogP contribution in [0.1, 0.15) is 11.1 Å². The van der Waals surface area contributed by atoms with E-state index in [1.165, 1.54) is 41.3 Å². The zero-order chi connectivity index (χ0) is 30.7. The molecule has 222 valence electrons. The fourth-order valence-electron chi connectivity index (χ4n) is 4.30. The van der Waals surface area contributed by atoms with Gasteiger partial charge in [0.1, 0.15) is 17.6 Å². The minimum atomic E-state index is -3.94. The summed E-state index contributed by atoms with van der Waals surface area (Å²) in [6.45, 7) is 3.70. The largest absolute Gasteiger partial charge is 0.484 e. The van der Waals surface area contributed by atoms with E-state index in [-0.39, 0.29) is 48.4 Å². The van der Waals surface area contributed by atoms with Gasteiger partial charge < -0.3 is 15.0 Å². The third-order valence-corrected chi connectivity index (χ3v) is 7.88. The number of rotatable bonds is 14. The number of ether oxygens (including phenoxy) is 1. The van der Waals surface area contributed by atoms with Gasteiger partial charge in [-0.3, -0.25) is 14.3 Å². The Kier molecular flexibility index (Phi) is 10.7. The van der Waals surface area contributed by atoms with Crippen LogP contribution in [0.15, 0.2) is 127 Å². The van der Waals surface area contributed by atoms with Crippen LogP contribution in [0.2, 0.25) is 0 Å². The summed E-state index contributed by atoms with van der Waals surface area (Å²) >= 11 is 0. The van der Waals surface area contributed by atoms with Crippen LogP contribution in [0.25, 0.3) is 0 Å². The van der Waals surface area contributed by atoms with Crippen molar-refractivity contribution >= 4 is 27.5 Å². The first-order valence-electron chi connectivity index (χ1n) is 13.5. The van der Waals surface area contributed by atoms with Crippen LogP contribution >= 0.6 is 0 Å². The highest BCUT2D eigenvalue weighted by Gasteiger charge is 2.30. The number of benzene rings is 4. The monoisotopic (exact) mass is 601 g/mol. The van der Waals surface area contributed by atoms with Crippen molar-refractivity contribution in [3.63, 3.8) is 0 Å². The number of hydrogen-bond acceptors (Lipinski definition) is 5. The fraction of sp³-hybridized carbons (Fsp3) is 0.152. The van der Waals surface area contributed by atoms with Gasteiger partial charge in [0.05, 0.1) is 4.90 Å². The van der Waals surface area contributed by atoms with Crippen LogP contribution in [0, 0.1) is 5.82 Å². The molecule has 2 amide bonds. The number of halogens is 1. The molecule has 0 saturated carbocycles. The zero-order valence-corrected chi connectivity index (χ0v) is 24.2. The Hall–Kier alpha value is -4.96. The maximum absolute atomic E-state index is 13.7. The van der Waals surface area contributed by atoms with Gasteiger partial charge in [0.25, 0.3) is 15.9 Å². The van der Waals surface area contributed by atoms with Crippen molar-refractivity contribution in [1.82, 2.24) is 10.2 Å². The van der Waals surface area contributed by atoms with Crippen LogP contribution in [0.3, 0.4) is 0 Å². The van der Waals surface area contributed by atoms with E-state index in [1.54, 1.807) is 6.08 Å². The number of nitrogens with one attached hydrogen (secondary N) is 2. The minimum Gasteiger partial charge on any atom is -0.484 e. The van der Waals surface area contributed by atoms with Crippen molar-refractivity contribution in [2.75, 3.05) is 17.9 Å². The van der Waals surface area contributed by atoms with Gasteiger partial charge in [-0.1, -0.05) is 66.7 Å². The Bertz CT molecular complexity index is 1620. The standard InChI is InChI=1S/C33H32FN3O5S/c1-2-21-35-33(39)31(22-25-9-5-3-6-10-25)37(23-26-11-7-4-8-12-26)32(38)24-42-29-17-19-30(20-18-29)43(40,41)36-28-15-13-27(34)14-16-28/h2-20,31,36H,1,21-24H2,(H,35,39)/t31-/m0/s1. The summed E-state index contributed by atoms with van der Waals surface area (Å²) in [5.41, 5.74) is 1.95. The summed E-state index contributed by atoms with van der Waals surface area (Å²) in [6.07, 6.45) is 1.86. The number of nitrogens with zero attached hydrogens (tertiary/aromatic N) is 1. The summed E-state index contributed by atoms with van der Waals surface area (Å²) in [6, 6.07) is 28.4. The third-order valence-electron chi connectivity index (χ3n) is 6.48. The van der Waals surface area contributed by atoms with Crippen LogP contribution in [-0.2, 0) is 32.6 Å². The van der Waals surface area contributed by atoms with E-state index in [1.807, 2.05) is 60.7 Å². The number of carbonyl (C=O) groups excluding carboxylic acids is 2. The summed E-state index contributed by atoms with van der Waals surface area (Å²) < 4.78 is 46.8. The normalized spacial score (nSPS) is 11.7. The van der Waals surface area contributed by atoms with Crippen molar-refractivity contribution in [1.29, 1.82) is 0 Å². The molecule has 0 unspecified atom stereocenters. The molecule has 4 rings (SSSR count). The third kappa shape index (κ3) is 9.01. The molecule has 10 heteroatoms. The van der Waals surface area contributed by atoms with Crippen LogP contribution in [0.4, 0.5) is 10.1 Å². The Labute approximate surface area is 250 Å². The van der Waals surface area contributed by atoms with E-state index in [2.05, 4.69) is 16.6 Å². The molecule has 2 N–H and O–H groups in total. The second-order valence-corrected chi connectivity index (χ2v) is 11.3. The van der Waals surface area contributed by atoms with Crippen molar-refractivity contribution in [2.45, 2.75) is 23.9 Å². The van der Waals surface area contributed by atoms with Crippen molar-refractivity contribution < 1.29 is 27.1 Å². The highest BCUT2D eigenvalue weighted by molar-refractivity contribution is 7.92. The van der Waals surface area contributed by atoms with E-state index < -0.39 is 27.8 Å². The summed E-state index contributed by atoms with van der Waals surface area (Å²) in [5, 5.41) is 2.81. The Balaban J connectivity index is 1.51. The molecule has 0 fully saturated rings. The van der Waals surface area contributed by atoms with Crippen LogP contribution < -0.4 is 14.8 Å². The molecule has 0 aromatic heterocycles. The van der Waals surface area contributed by atoms with Gasteiger partial charge in [0.15, 0.2) is 6.61 Å². The number of amides is 2. The van der Waals surface area contributed by atoms with E-state index in [0.29, 0.717) is 0 Å². The van der Waals surface area contributed by atoms with Gasteiger partial charge >= 0.3 is 0 Å². The number of sulfonamides is 1. The maximum Gasteiger partial charge on any atom is 0.261 e. The van der Waals surface area contributed by atoms with Gasteiger partial charge in [-0.25, -0.2) is 12.8 Å². The van der Waals surface area contributed by atoms with Gasteiger partial charge in [0.2, 0.25) is 5.91 Å². The molecule has 0 aliphatic heterocycles. The fourth-order valence-corrected chi connectivity index (χ4v) is 5.36. The predicted molar refractivity (Wildman–Crippen MR) is 163 cm³/mol. The number of carbonyl (C=O) groups is 2. The second kappa shape index (κ2) is 14.8. The molecular formula is C33H32FN3O5S. The van der Waals surface area contributed by atoms with Gasteiger partial charge in [0, 0.05) is 25.2 Å². The molecule has 4 aromatic rings. The average molecular weight is 602 g/mol. The topological polar surface area (TPSA) is 105 Å². The Morgan fingerprint density at radius 2 is 1.47 bits per heavy atom. The number of hydrogen-bond donors (Lipinski definition) is 2. The quantitative estimate of drug-likeness (QED) is 0.199. The summed E-state index contributed by atoms with van der Waals surface area (Å²) in [5.74, 6) is -0.959. The SMILES string of the molecule is C=CCNC(=O)[C@H](Cc1ccccc1)N(Cc1ccccc1)C(=O)COc1ccc(S(=O)(=O)Nc2ccc(F)cc2)cc1. The molecule has 8 nitrogen and oxygen atoms in total. The van der Waals surface area contributed by atoms with Gasteiger partial charge in [-0.2, -0.15) is 0 Å². The van der Waals surface area contributed by atoms with Crippen molar-refractivity contribution in [3.8, 4) is 5.75 Å². The molecule has 1 atom stereocenters. The average Bonchev–Trinajstić information content (AvgIpc) is 3.02. The first kappa shape index (κ1) is 31.0. The second-order valence-electron chi connectivity index (χ2n) is 9.62. The lowest BCUT2D eigenvalue weighted by Gasteiger charge is -2.31. The molecule has 0 bridgehead atoms. The minimum absolute atomic E-state index is 0.0389. The predicted octanol–water partition coefficient (Wildman–Crippen LogP) is 4.95. The van der Waals surface area contributed by atoms with Crippen LogP contribution in [-0.4, -0.2) is 44.3 Å². The summed E-state index contributed by atoms with van der Waals surface area (Å²) in [4.78, 5) is 28.4. The molecule has 0 saturated heterocycles. The zero-order valence-electron chi connectivity index (χ0n) is 23.4. The van der Waals surface area contributed by atoms with Gasteiger partial charge in [-0.15, -0.1) is 6.58 Å². The van der Waals surface area contributed by atoms with E-state index in [4.69, 9.17) is 4.74 Å². The lowest BCUT2D eigenvalue weighted by Crippen LogP contribution is -2.51. The molecule has 0 spiro atoms. The molecule has 0 radical (unpaired) electrons. The highest BCUT2D eigenvalue weighted by atomic mass is 32.2. The van der Waals surface area contributed by atoms with E-state index >= 15 is 0 Å². The molecule has 43 heavy (non-hydrogen) atoms. The lowest BCUT2D eigenvalue weighted by atomic mass is 10.0. The van der Waals surface area contributed by atoms with E-state index in [0.717, 1.165) is 23.3 Å². The van der Waals surface area contributed by atoms with E-state index in [9.17, 15) is 22.4 Å². The van der Waals surface area contributed by atoms with Gasteiger partial charge in [-0.05, 0) is 59.7 Å². The molecular weight excluding hydrogens is 569 g/mol. The smallest absolute Gasteiger partial charge is 0.261 e. The van der Waals surface area contributed by atoms with Crippen molar-refractivity contribution in [3.05, 3.63) is 139 Å². The number of anilines is 1. The van der Waals surface area contributed by atoms with Crippen LogP contribution in [0.5, 0.6) is 5.75 Å². The summed E-state index contributed by atoms with van der Waals surface area (Å²) in [7, 11) is -3.94. The highest BCUT2D eigenvalue weighted by Crippen LogP contribution is 2.21. The molecule has 0 heterocycles.